The fraction of sp³-hybridized carbons (Fsp3) is 0.400. The highest BCUT2D eigenvalue weighted by atomic mass is 19.4. The normalized spacial score (nSPS) is 14.8. The first-order valence-electron chi connectivity index (χ1n) is 10.8. The van der Waals surface area contributed by atoms with Crippen LogP contribution in [-0.2, 0) is 28.7 Å². The van der Waals surface area contributed by atoms with Crippen molar-refractivity contribution in [2.75, 3.05) is 7.11 Å². The van der Waals surface area contributed by atoms with E-state index in [1.165, 1.54) is 13.2 Å². The van der Waals surface area contributed by atoms with Gasteiger partial charge in [-0.15, -0.1) is 0 Å². The van der Waals surface area contributed by atoms with Crippen molar-refractivity contribution in [2.24, 2.45) is 0 Å². The van der Waals surface area contributed by atoms with Crippen LogP contribution in [0, 0.1) is 0 Å². The van der Waals surface area contributed by atoms with Crippen molar-refractivity contribution < 1.29 is 27.4 Å². The molecule has 0 saturated heterocycles. The second-order valence-corrected chi connectivity index (χ2v) is 8.31. The Morgan fingerprint density at radius 2 is 1.88 bits per heavy atom. The van der Waals surface area contributed by atoms with E-state index in [1.54, 1.807) is 18.2 Å². The molecule has 1 N–H and O–H groups in total. The van der Waals surface area contributed by atoms with Crippen molar-refractivity contribution in [3.8, 4) is 5.75 Å². The number of alkyl halides is 3. The largest absolute Gasteiger partial charge is 0.489 e. The van der Waals surface area contributed by atoms with E-state index < -0.39 is 11.7 Å². The summed E-state index contributed by atoms with van der Waals surface area (Å²) in [6.07, 6.45) is 0.0426. The number of ether oxygens (including phenoxy) is 2. The van der Waals surface area contributed by atoms with Gasteiger partial charge in [0.25, 0.3) is 0 Å². The maximum absolute atomic E-state index is 13.7. The van der Waals surface area contributed by atoms with E-state index in [0.717, 1.165) is 42.3 Å². The number of carbonyl (C=O) groups is 1. The molecule has 7 heteroatoms. The van der Waals surface area contributed by atoms with Gasteiger partial charge in [0.05, 0.1) is 19.1 Å². The summed E-state index contributed by atoms with van der Waals surface area (Å²) < 4.78 is 51.5. The molecule has 1 aromatic heterocycles. The van der Waals surface area contributed by atoms with Crippen LogP contribution in [0.25, 0.3) is 10.9 Å². The lowest BCUT2D eigenvalue weighted by Gasteiger charge is -2.19. The van der Waals surface area contributed by atoms with E-state index in [9.17, 15) is 18.0 Å². The average Bonchev–Trinajstić information content (AvgIpc) is 3.44. The number of halogens is 3. The first kappa shape index (κ1) is 22.2. The summed E-state index contributed by atoms with van der Waals surface area (Å²) >= 11 is 0. The van der Waals surface area contributed by atoms with Gasteiger partial charge in [0, 0.05) is 16.6 Å². The number of rotatable bonds is 7. The molecule has 1 saturated carbocycles. The standard InChI is InChI=1S/C25H26F3NO3/c1-31-24(30)11-7-19-13-18-14-20(8-10-23(18)29-19)32-15-16-6-9-21(17-4-2-3-5-17)22(12-16)25(26,27)28/h6,8-10,12-14,17,29H,2-5,7,11,15H2,1H3. The van der Waals surface area contributed by atoms with Gasteiger partial charge in [0.1, 0.15) is 12.4 Å². The monoisotopic (exact) mass is 445 g/mol. The Morgan fingerprint density at radius 3 is 2.59 bits per heavy atom. The van der Waals surface area contributed by atoms with Crippen LogP contribution >= 0.6 is 0 Å². The van der Waals surface area contributed by atoms with E-state index in [0.29, 0.717) is 23.3 Å². The number of carbonyl (C=O) groups excluding carboxylic acids is 1. The SMILES string of the molecule is COC(=O)CCc1cc2cc(OCc3ccc(C4CCCC4)c(C(F)(F)F)c3)ccc2[nH]1. The van der Waals surface area contributed by atoms with Gasteiger partial charge < -0.3 is 14.5 Å². The lowest BCUT2D eigenvalue weighted by atomic mass is 9.91. The van der Waals surface area contributed by atoms with E-state index in [4.69, 9.17) is 4.74 Å². The zero-order valence-electron chi connectivity index (χ0n) is 17.9. The van der Waals surface area contributed by atoms with Crippen molar-refractivity contribution in [1.82, 2.24) is 4.98 Å². The number of methoxy groups -OCH3 is 1. The number of aromatic amines is 1. The number of hydrogen-bond donors (Lipinski definition) is 1. The van der Waals surface area contributed by atoms with Gasteiger partial charge in [0.2, 0.25) is 0 Å². The molecule has 1 aliphatic rings. The minimum atomic E-state index is -4.38. The molecule has 1 fully saturated rings. The number of benzene rings is 2. The van der Waals surface area contributed by atoms with Crippen LogP contribution in [0.1, 0.15) is 60.4 Å². The summed E-state index contributed by atoms with van der Waals surface area (Å²) in [6.45, 7) is 0.0547. The summed E-state index contributed by atoms with van der Waals surface area (Å²) in [5.41, 5.74) is 2.16. The molecule has 0 radical (unpaired) electrons. The predicted octanol–water partition coefficient (Wildman–Crippen LogP) is 6.53. The number of aryl methyl sites for hydroxylation is 1. The third-order valence-corrected chi connectivity index (χ3v) is 6.10. The third kappa shape index (κ3) is 5.09. The molecule has 0 spiro atoms. The summed E-state index contributed by atoms with van der Waals surface area (Å²) in [5.74, 6) is 0.292. The molecule has 1 aliphatic carbocycles. The number of H-pyrrole nitrogens is 1. The number of hydrogen-bond acceptors (Lipinski definition) is 3. The van der Waals surface area contributed by atoms with Crippen molar-refractivity contribution in [1.29, 1.82) is 0 Å². The molecule has 3 aromatic rings. The van der Waals surface area contributed by atoms with Crippen molar-refractivity contribution in [3.05, 3.63) is 64.8 Å². The van der Waals surface area contributed by atoms with Gasteiger partial charge >= 0.3 is 12.1 Å². The summed E-state index contributed by atoms with van der Waals surface area (Å²) in [4.78, 5) is 14.6. The van der Waals surface area contributed by atoms with Crippen LogP contribution in [0.5, 0.6) is 5.75 Å². The minimum Gasteiger partial charge on any atom is -0.489 e. The highest BCUT2D eigenvalue weighted by molar-refractivity contribution is 5.82. The first-order valence-corrected chi connectivity index (χ1v) is 10.8. The summed E-state index contributed by atoms with van der Waals surface area (Å²) in [5, 5.41) is 0.912. The van der Waals surface area contributed by atoms with E-state index >= 15 is 0 Å². The zero-order valence-corrected chi connectivity index (χ0v) is 17.9. The highest BCUT2D eigenvalue weighted by Gasteiger charge is 2.36. The van der Waals surface area contributed by atoms with Gasteiger partial charge in [0.15, 0.2) is 0 Å². The number of nitrogens with one attached hydrogen (secondary N) is 1. The van der Waals surface area contributed by atoms with E-state index in [-0.39, 0.29) is 24.9 Å². The van der Waals surface area contributed by atoms with Gasteiger partial charge in [-0.05, 0) is 66.6 Å². The topological polar surface area (TPSA) is 51.3 Å². The van der Waals surface area contributed by atoms with Crippen LogP contribution in [0.3, 0.4) is 0 Å². The van der Waals surface area contributed by atoms with Crippen LogP contribution in [0.2, 0.25) is 0 Å². The molecule has 170 valence electrons. The summed E-state index contributed by atoms with van der Waals surface area (Å²) in [6, 6.07) is 12.0. The Morgan fingerprint density at radius 1 is 1.09 bits per heavy atom. The molecular formula is C25H26F3NO3. The van der Waals surface area contributed by atoms with Gasteiger partial charge in [-0.2, -0.15) is 13.2 Å². The molecule has 4 nitrogen and oxygen atoms in total. The van der Waals surface area contributed by atoms with E-state index in [1.807, 2.05) is 18.2 Å². The second-order valence-electron chi connectivity index (χ2n) is 8.31. The molecule has 0 bridgehead atoms. The van der Waals surface area contributed by atoms with Gasteiger partial charge in [-0.3, -0.25) is 4.79 Å². The van der Waals surface area contributed by atoms with Gasteiger partial charge in [-0.25, -0.2) is 0 Å². The van der Waals surface area contributed by atoms with Crippen molar-refractivity contribution in [2.45, 2.75) is 57.2 Å². The fourth-order valence-corrected chi connectivity index (χ4v) is 4.43. The third-order valence-electron chi connectivity index (χ3n) is 6.10. The van der Waals surface area contributed by atoms with Crippen LogP contribution in [0.4, 0.5) is 13.2 Å². The minimum absolute atomic E-state index is 0.00836. The number of aromatic nitrogens is 1. The van der Waals surface area contributed by atoms with Crippen LogP contribution in [-0.4, -0.2) is 18.1 Å². The van der Waals surface area contributed by atoms with E-state index in [2.05, 4.69) is 9.72 Å². The smallest absolute Gasteiger partial charge is 0.416 e. The molecule has 1 heterocycles. The molecule has 0 atom stereocenters. The number of fused-ring (bicyclic) bond motifs is 1. The molecule has 0 aliphatic heterocycles. The van der Waals surface area contributed by atoms with Crippen molar-refractivity contribution >= 4 is 16.9 Å². The number of esters is 1. The first-order chi connectivity index (χ1) is 15.3. The quantitative estimate of drug-likeness (QED) is 0.421. The summed E-state index contributed by atoms with van der Waals surface area (Å²) in [7, 11) is 1.36. The van der Waals surface area contributed by atoms with Crippen LogP contribution < -0.4 is 4.74 Å². The Hall–Kier alpha value is -2.96. The average molecular weight is 445 g/mol. The highest BCUT2D eigenvalue weighted by Crippen LogP contribution is 2.42. The lowest BCUT2D eigenvalue weighted by Crippen LogP contribution is -2.12. The Bertz CT molecular complexity index is 1100. The Balaban J connectivity index is 1.47. The maximum Gasteiger partial charge on any atom is 0.416 e. The Kier molecular flexibility index (Phi) is 6.44. The van der Waals surface area contributed by atoms with Crippen LogP contribution in [0.15, 0.2) is 42.5 Å². The molecule has 0 unspecified atom stereocenters. The lowest BCUT2D eigenvalue weighted by molar-refractivity contribution is -0.140. The molecule has 2 aromatic carbocycles. The predicted molar refractivity (Wildman–Crippen MR) is 116 cm³/mol. The zero-order chi connectivity index (χ0) is 22.7. The second kappa shape index (κ2) is 9.27. The maximum atomic E-state index is 13.7. The van der Waals surface area contributed by atoms with Gasteiger partial charge in [-0.1, -0.05) is 25.0 Å². The molecule has 32 heavy (non-hydrogen) atoms. The fourth-order valence-electron chi connectivity index (χ4n) is 4.43. The molecular weight excluding hydrogens is 419 g/mol. The van der Waals surface area contributed by atoms with Crippen molar-refractivity contribution in [3.63, 3.8) is 0 Å². The Labute approximate surface area is 184 Å². The molecule has 0 amide bonds. The molecule has 4 rings (SSSR count).